The highest BCUT2D eigenvalue weighted by molar-refractivity contribution is 6.01. The fraction of sp³-hybridized carbons (Fsp3) is 0.333. The van der Waals surface area contributed by atoms with Gasteiger partial charge in [0.15, 0.2) is 0 Å². The van der Waals surface area contributed by atoms with E-state index in [0.29, 0.717) is 11.6 Å². The summed E-state index contributed by atoms with van der Waals surface area (Å²) in [5, 5.41) is 15.7. The van der Waals surface area contributed by atoms with Gasteiger partial charge in [-0.3, -0.25) is 0 Å². The molecule has 8 nitrogen and oxygen atoms in total. The lowest BCUT2D eigenvalue weighted by Gasteiger charge is -2.29. The van der Waals surface area contributed by atoms with E-state index < -0.39 is 0 Å². The molecule has 5 rings (SSSR count). The largest absolute Gasteiger partial charge is 0.369 e. The Morgan fingerprint density at radius 3 is 2.68 bits per heavy atom. The Bertz CT molecular complexity index is 1220. The average Bonchev–Trinajstić information content (AvgIpc) is 3.21. The smallest absolute Gasteiger partial charge is 0.227 e. The van der Waals surface area contributed by atoms with Crippen LogP contribution in [0.4, 0.5) is 21.7 Å². The molecule has 2 aromatic heterocycles. The molecule has 0 radical (unpaired) electrons. The van der Waals surface area contributed by atoms with E-state index in [1.54, 1.807) is 18.3 Å². The summed E-state index contributed by atoms with van der Waals surface area (Å²) in [6.07, 6.45) is 1.73. The van der Waals surface area contributed by atoms with Gasteiger partial charge in [0.25, 0.3) is 0 Å². The minimum Gasteiger partial charge on any atom is -0.369 e. The zero-order valence-corrected chi connectivity index (χ0v) is 18.2. The standard InChI is InChI=1S/C21H23FN8.ClH/c1-13(2)30-20-18(27-28-30)5-3-14-12-24-21(26-19(14)20)25-17-6-4-15(11-16(17)22)29-9-7-23-8-10-29;/h3-6,11-13,23H,7-10H2,1-2H3,(H,24,25,26);1H. The second kappa shape index (κ2) is 8.60. The molecule has 31 heavy (non-hydrogen) atoms. The summed E-state index contributed by atoms with van der Waals surface area (Å²) in [6.45, 7) is 7.64. The third-order valence-electron chi connectivity index (χ3n) is 5.35. The predicted molar refractivity (Wildman–Crippen MR) is 123 cm³/mol. The van der Waals surface area contributed by atoms with Gasteiger partial charge >= 0.3 is 0 Å². The number of hydrogen-bond acceptors (Lipinski definition) is 7. The molecule has 1 aliphatic rings. The lowest BCUT2D eigenvalue weighted by Crippen LogP contribution is -2.43. The Kier molecular flexibility index (Phi) is 5.88. The van der Waals surface area contributed by atoms with Crippen LogP contribution < -0.4 is 15.5 Å². The molecule has 4 aromatic rings. The maximum absolute atomic E-state index is 14.8. The number of halogens is 2. The molecule has 162 valence electrons. The molecule has 10 heteroatoms. The quantitative estimate of drug-likeness (QED) is 0.498. The number of piperazine rings is 1. The van der Waals surface area contributed by atoms with Crippen molar-refractivity contribution in [2.45, 2.75) is 19.9 Å². The lowest BCUT2D eigenvalue weighted by molar-refractivity contribution is 0.531. The van der Waals surface area contributed by atoms with Crippen molar-refractivity contribution in [1.29, 1.82) is 0 Å². The normalized spacial score (nSPS) is 14.3. The highest BCUT2D eigenvalue weighted by Crippen LogP contribution is 2.27. The van der Waals surface area contributed by atoms with Gasteiger partial charge in [0.05, 0.1) is 5.69 Å². The first-order valence-electron chi connectivity index (χ1n) is 10.1. The van der Waals surface area contributed by atoms with Crippen LogP contribution in [-0.2, 0) is 0 Å². The van der Waals surface area contributed by atoms with Gasteiger partial charge in [0.1, 0.15) is 22.4 Å². The summed E-state index contributed by atoms with van der Waals surface area (Å²) in [5.41, 5.74) is 3.58. The number of nitrogens with zero attached hydrogens (tertiary/aromatic N) is 6. The summed E-state index contributed by atoms with van der Waals surface area (Å²) in [6, 6.07) is 9.19. The minimum atomic E-state index is -0.332. The molecule has 1 aliphatic heterocycles. The van der Waals surface area contributed by atoms with Crippen molar-refractivity contribution in [3.05, 3.63) is 42.3 Å². The number of aromatic nitrogens is 5. The first-order valence-corrected chi connectivity index (χ1v) is 10.1. The van der Waals surface area contributed by atoms with Gasteiger partial charge < -0.3 is 15.5 Å². The number of nitrogens with one attached hydrogen (secondary N) is 2. The maximum atomic E-state index is 14.8. The SMILES string of the molecule is CC(C)n1nnc2ccc3cnc(Nc4ccc(N5CCNCC5)cc4F)nc3c21.Cl. The van der Waals surface area contributed by atoms with Crippen LogP contribution in [0.3, 0.4) is 0 Å². The van der Waals surface area contributed by atoms with Crippen molar-refractivity contribution in [3.63, 3.8) is 0 Å². The van der Waals surface area contributed by atoms with E-state index >= 15 is 0 Å². The zero-order chi connectivity index (χ0) is 20.7. The van der Waals surface area contributed by atoms with Gasteiger partial charge in [0, 0.05) is 49.5 Å². The number of hydrogen-bond donors (Lipinski definition) is 2. The summed E-state index contributed by atoms with van der Waals surface area (Å²) < 4.78 is 16.6. The Morgan fingerprint density at radius 1 is 1.13 bits per heavy atom. The fourth-order valence-electron chi connectivity index (χ4n) is 3.79. The summed E-state index contributed by atoms with van der Waals surface area (Å²) in [5.74, 6) is 0.00200. The van der Waals surface area contributed by atoms with Crippen LogP contribution in [-0.4, -0.2) is 51.1 Å². The molecule has 0 bridgehead atoms. The summed E-state index contributed by atoms with van der Waals surface area (Å²) in [4.78, 5) is 11.2. The van der Waals surface area contributed by atoms with E-state index in [9.17, 15) is 4.39 Å². The molecule has 3 heterocycles. The third-order valence-corrected chi connectivity index (χ3v) is 5.35. The van der Waals surface area contributed by atoms with E-state index in [1.807, 2.05) is 36.7 Å². The minimum absolute atomic E-state index is 0. The molecule has 0 unspecified atom stereocenters. The number of benzene rings is 2. The molecular weight excluding hydrogens is 419 g/mol. The molecule has 1 saturated heterocycles. The second-order valence-corrected chi connectivity index (χ2v) is 7.72. The van der Waals surface area contributed by atoms with E-state index in [4.69, 9.17) is 0 Å². The van der Waals surface area contributed by atoms with Crippen LogP contribution in [0.15, 0.2) is 36.5 Å². The molecule has 0 atom stereocenters. The highest BCUT2D eigenvalue weighted by atomic mass is 35.5. The topological polar surface area (TPSA) is 83.8 Å². The van der Waals surface area contributed by atoms with Crippen molar-refractivity contribution < 1.29 is 4.39 Å². The third kappa shape index (κ3) is 3.98. The van der Waals surface area contributed by atoms with Crippen LogP contribution in [0.25, 0.3) is 21.9 Å². The number of anilines is 3. The van der Waals surface area contributed by atoms with E-state index in [0.717, 1.165) is 53.8 Å². The van der Waals surface area contributed by atoms with Crippen molar-refractivity contribution in [2.24, 2.45) is 0 Å². The fourth-order valence-corrected chi connectivity index (χ4v) is 3.79. The van der Waals surface area contributed by atoms with E-state index in [-0.39, 0.29) is 24.3 Å². The highest BCUT2D eigenvalue weighted by Gasteiger charge is 2.15. The van der Waals surface area contributed by atoms with E-state index in [2.05, 4.69) is 35.8 Å². The second-order valence-electron chi connectivity index (χ2n) is 7.72. The number of rotatable bonds is 4. The van der Waals surface area contributed by atoms with Crippen LogP contribution in [0.1, 0.15) is 19.9 Å². The van der Waals surface area contributed by atoms with Crippen LogP contribution in [0, 0.1) is 5.82 Å². The molecule has 1 fully saturated rings. The molecule has 0 aliphatic carbocycles. The Morgan fingerprint density at radius 2 is 1.94 bits per heavy atom. The van der Waals surface area contributed by atoms with E-state index in [1.165, 1.54) is 0 Å². The van der Waals surface area contributed by atoms with Gasteiger partial charge in [-0.1, -0.05) is 5.21 Å². The van der Waals surface area contributed by atoms with Crippen molar-refractivity contribution in [2.75, 3.05) is 36.4 Å². The Balaban J connectivity index is 0.00000231. The molecule has 2 N–H and O–H groups in total. The van der Waals surface area contributed by atoms with Crippen molar-refractivity contribution >= 4 is 51.7 Å². The van der Waals surface area contributed by atoms with Gasteiger partial charge in [-0.05, 0) is 44.2 Å². The monoisotopic (exact) mass is 442 g/mol. The van der Waals surface area contributed by atoms with Crippen LogP contribution >= 0.6 is 12.4 Å². The molecule has 0 saturated carbocycles. The Labute approximate surface area is 185 Å². The van der Waals surface area contributed by atoms with Crippen molar-refractivity contribution in [1.82, 2.24) is 30.3 Å². The van der Waals surface area contributed by atoms with Crippen LogP contribution in [0.5, 0.6) is 0 Å². The number of fused-ring (bicyclic) bond motifs is 3. The lowest BCUT2D eigenvalue weighted by atomic mass is 10.2. The predicted octanol–water partition coefficient (Wildman–Crippen LogP) is 3.67. The molecule has 0 amide bonds. The van der Waals surface area contributed by atoms with Gasteiger partial charge in [-0.15, -0.1) is 17.5 Å². The first kappa shape index (κ1) is 21.2. The molecule has 2 aromatic carbocycles. The van der Waals surface area contributed by atoms with Crippen molar-refractivity contribution in [3.8, 4) is 0 Å². The average molecular weight is 443 g/mol. The Hall–Kier alpha value is -3.04. The van der Waals surface area contributed by atoms with Gasteiger partial charge in [-0.2, -0.15) is 0 Å². The maximum Gasteiger partial charge on any atom is 0.227 e. The van der Waals surface area contributed by atoms with Gasteiger partial charge in [0.2, 0.25) is 5.95 Å². The molecule has 0 spiro atoms. The summed E-state index contributed by atoms with van der Waals surface area (Å²) >= 11 is 0. The zero-order valence-electron chi connectivity index (χ0n) is 17.3. The van der Waals surface area contributed by atoms with Crippen LogP contribution in [0.2, 0.25) is 0 Å². The molecular formula is C21H24ClFN8. The summed E-state index contributed by atoms with van der Waals surface area (Å²) in [7, 11) is 0. The first-order chi connectivity index (χ1) is 14.6. The van der Waals surface area contributed by atoms with Gasteiger partial charge in [-0.25, -0.2) is 19.0 Å².